The first-order chi connectivity index (χ1) is 18.7. The van der Waals surface area contributed by atoms with Crippen LogP contribution in [0.5, 0.6) is 0 Å². The lowest BCUT2D eigenvalue weighted by Gasteiger charge is -2.15. The normalized spacial score (nSPS) is 12.4. The first-order valence-electron chi connectivity index (χ1n) is 13.0. The Hall–Kier alpha value is -4.81. The molecule has 3 heteroatoms. The fourth-order valence-electron chi connectivity index (χ4n) is 4.68. The van der Waals surface area contributed by atoms with Gasteiger partial charge in [-0.15, -0.1) is 0 Å². The molecular formula is C35H29NO2. The van der Waals surface area contributed by atoms with Gasteiger partial charge in [-0.1, -0.05) is 98.0 Å². The molecular weight excluding hydrogens is 466 g/mol. The van der Waals surface area contributed by atoms with Gasteiger partial charge >= 0.3 is 5.63 Å². The molecule has 0 fully saturated rings. The van der Waals surface area contributed by atoms with E-state index in [9.17, 15) is 4.79 Å². The Morgan fingerprint density at radius 2 is 1.58 bits per heavy atom. The molecule has 38 heavy (non-hydrogen) atoms. The van der Waals surface area contributed by atoms with Crippen molar-refractivity contribution in [2.45, 2.75) is 27.2 Å². The van der Waals surface area contributed by atoms with Crippen molar-refractivity contribution in [3.8, 4) is 11.8 Å². The van der Waals surface area contributed by atoms with Gasteiger partial charge in [-0.2, -0.15) is 0 Å². The Labute approximate surface area is 223 Å². The molecule has 1 aliphatic carbocycles. The minimum atomic E-state index is -0.318. The number of hydrogen-bond donors (Lipinski definition) is 1. The summed E-state index contributed by atoms with van der Waals surface area (Å²) in [6.07, 6.45) is 4.85. The number of allylic oxidation sites excluding steroid dienone is 4. The van der Waals surface area contributed by atoms with Crippen molar-refractivity contribution in [2.75, 3.05) is 5.32 Å². The lowest BCUT2D eigenvalue weighted by atomic mass is 9.93. The average Bonchev–Trinajstić information content (AvgIpc) is 3.21. The van der Waals surface area contributed by atoms with Crippen LogP contribution in [0.25, 0.3) is 32.9 Å². The molecule has 1 heterocycles. The van der Waals surface area contributed by atoms with E-state index in [1.807, 2.05) is 93.6 Å². The second-order valence-corrected chi connectivity index (χ2v) is 8.88. The largest absolute Gasteiger partial charge is 0.422 e. The molecule has 6 rings (SSSR count). The van der Waals surface area contributed by atoms with Gasteiger partial charge in [-0.05, 0) is 59.8 Å². The second kappa shape index (κ2) is 11.1. The predicted octanol–water partition coefficient (Wildman–Crippen LogP) is 8.90. The Kier molecular flexibility index (Phi) is 7.24. The molecule has 0 atom stereocenters. The molecule has 186 valence electrons. The molecule has 0 saturated heterocycles. The highest BCUT2D eigenvalue weighted by Gasteiger charge is 2.15. The van der Waals surface area contributed by atoms with Gasteiger partial charge in [0.25, 0.3) is 0 Å². The van der Waals surface area contributed by atoms with Gasteiger partial charge in [0.15, 0.2) is 0 Å². The van der Waals surface area contributed by atoms with Crippen LogP contribution < -0.4 is 10.9 Å². The fraction of sp³-hybridized carbons (Fsp3) is 0.114. The first kappa shape index (κ1) is 24.9. The molecule has 0 amide bonds. The summed E-state index contributed by atoms with van der Waals surface area (Å²) in [4.78, 5) is 12.8. The van der Waals surface area contributed by atoms with E-state index in [1.165, 1.54) is 0 Å². The van der Waals surface area contributed by atoms with E-state index in [4.69, 9.17) is 4.42 Å². The molecule has 0 spiro atoms. The summed E-state index contributed by atoms with van der Waals surface area (Å²) in [5, 5.41) is 5.97. The Morgan fingerprint density at radius 1 is 0.816 bits per heavy atom. The van der Waals surface area contributed by atoms with Gasteiger partial charge in [0.05, 0.1) is 5.39 Å². The van der Waals surface area contributed by atoms with Crippen LogP contribution in [0.1, 0.15) is 37.0 Å². The van der Waals surface area contributed by atoms with E-state index in [2.05, 4.69) is 47.5 Å². The van der Waals surface area contributed by atoms with Crippen molar-refractivity contribution in [1.82, 2.24) is 0 Å². The maximum atomic E-state index is 12.8. The van der Waals surface area contributed by atoms with E-state index < -0.39 is 0 Å². The summed E-state index contributed by atoms with van der Waals surface area (Å²) in [6.45, 7) is 5.98. The predicted molar refractivity (Wildman–Crippen MR) is 161 cm³/mol. The number of para-hydroxylation sites is 2. The molecule has 0 radical (unpaired) electrons. The van der Waals surface area contributed by atoms with Crippen LogP contribution in [0.15, 0.2) is 112 Å². The van der Waals surface area contributed by atoms with E-state index in [0.717, 1.165) is 50.0 Å². The molecule has 1 N–H and O–H groups in total. The van der Waals surface area contributed by atoms with E-state index >= 15 is 0 Å². The van der Waals surface area contributed by atoms with Crippen LogP contribution in [-0.4, -0.2) is 0 Å². The molecule has 0 aliphatic heterocycles. The molecule has 0 unspecified atom stereocenters. The maximum absolute atomic E-state index is 12.8. The Balaban J connectivity index is 0.00000144. The van der Waals surface area contributed by atoms with Gasteiger partial charge in [-0.25, -0.2) is 4.79 Å². The molecule has 3 nitrogen and oxygen atoms in total. The molecule has 4 aromatic carbocycles. The highest BCUT2D eigenvalue weighted by molar-refractivity contribution is 6.08. The maximum Gasteiger partial charge on any atom is 0.344 e. The lowest BCUT2D eigenvalue weighted by molar-refractivity contribution is 0.569. The number of fused-ring (bicyclic) bond motifs is 3. The summed E-state index contributed by atoms with van der Waals surface area (Å²) >= 11 is 0. The smallest absolute Gasteiger partial charge is 0.344 e. The Morgan fingerprint density at radius 3 is 2.42 bits per heavy atom. The van der Waals surface area contributed by atoms with Crippen LogP contribution in [0, 0.1) is 18.8 Å². The summed E-state index contributed by atoms with van der Waals surface area (Å²) < 4.78 is 5.79. The molecule has 0 bridgehead atoms. The third-order valence-electron chi connectivity index (χ3n) is 6.42. The van der Waals surface area contributed by atoms with Crippen LogP contribution in [0.4, 0.5) is 11.4 Å². The number of aryl methyl sites for hydroxylation is 1. The summed E-state index contributed by atoms with van der Waals surface area (Å²) in [5.41, 5.74) is 7.18. The zero-order valence-electron chi connectivity index (χ0n) is 21.8. The van der Waals surface area contributed by atoms with Crippen molar-refractivity contribution < 1.29 is 4.42 Å². The van der Waals surface area contributed by atoms with Crippen LogP contribution in [0.3, 0.4) is 0 Å². The Bertz CT molecular complexity index is 1810. The van der Waals surface area contributed by atoms with E-state index in [1.54, 1.807) is 0 Å². The topological polar surface area (TPSA) is 42.2 Å². The number of anilines is 2. The SMILES string of the molecule is CC.Cc1ccc2c(c1)c(=O)oc1cc(C3=C(c4ccccc4Nc4ccccc4)C#CCC=C3)ccc12. The standard InChI is InChI=1S/C33H23NO2.C2H6/c1-22-16-18-27-29-19-17-23(21-32(29)36-33(35)30(27)20-22)25-12-6-3-7-13-26(25)28-14-8-9-15-31(28)34-24-10-4-2-5-11-24;1-2/h2,4-6,8-12,14-21,34H,3H2,1H3;1-2H3. The minimum Gasteiger partial charge on any atom is -0.422 e. The van der Waals surface area contributed by atoms with Crippen molar-refractivity contribution in [3.05, 3.63) is 130 Å². The number of benzene rings is 4. The van der Waals surface area contributed by atoms with Crippen molar-refractivity contribution >= 4 is 44.3 Å². The fourth-order valence-corrected chi connectivity index (χ4v) is 4.68. The van der Waals surface area contributed by atoms with Gasteiger partial charge in [0, 0.05) is 34.3 Å². The van der Waals surface area contributed by atoms with Crippen molar-refractivity contribution in [3.63, 3.8) is 0 Å². The third kappa shape index (κ3) is 4.90. The van der Waals surface area contributed by atoms with Gasteiger partial charge in [-0.3, -0.25) is 0 Å². The lowest BCUT2D eigenvalue weighted by Crippen LogP contribution is -2.01. The van der Waals surface area contributed by atoms with E-state index in [0.29, 0.717) is 17.4 Å². The zero-order chi connectivity index (χ0) is 26.5. The van der Waals surface area contributed by atoms with E-state index in [-0.39, 0.29) is 5.63 Å². The number of rotatable bonds is 4. The summed E-state index contributed by atoms with van der Waals surface area (Å²) in [6, 6.07) is 30.3. The molecule has 5 aromatic rings. The van der Waals surface area contributed by atoms with Crippen molar-refractivity contribution in [2.24, 2.45) is 0 Å². The highest BCUT2D eigenvalue weighted by atomic mass is 16.4. The van der Waals surface area contributed by atoms with Gasteiger partial charge in [0.1, 0.15) is 5.58 Å². The van der Waals surface area contributed by atoms with Crippen molar-refractivity contribution in [1.29, 1.82) is 0 Å². The average molecular weight is 496 g/mol. The zero-order valence-corrected chi connectivity index (χ0v) is 21.8. The summed E-state index contributed by atoms with van der Waals surface area (Å²) in [7, 11) is 0. The minimum absolute atomic E-state index is 0.318. The third-order valence-corrected chi connectivity index (χ3v) is 6.42. The van der Waals surface area contributed by atoms with Crippen LogP contribution >= 0.6 is 0 Å². The number of nitrogens with one attached hydrogen (secondary N) is 1. The molecule has 1 aliphatic rings. The molecule has 1 aromatic heterocycles. The highest BCUT2D eigenvalue weighted by Crippen LogP contribution is 2.35. The number of hydrogen-bond acceptors (Lipinski definition) is 3. The van der Waals surface area contributed by atoms with Crippen LogP contribution in [-0.2, 0) is 0 Å². The monoisotopic (exact) mass is 495 g/mol. The quantitative estimate of drug-likeness (QED) is 0.154. The molecule has 0 saturated carbocycles. The van der Waals surface area contributed by atoms with Gasteiger partial charge in [0.2, 0.25) is 0 Å². The first-order valence-corrected chi connectivity index (χ1v) is 13.0. The second-order valence-electron chi connectivity index (χ2n) is 8.88. The summed E-state index contributed by atoms with van der Waals surface area (Å²) in [5.74, 6) is 6.67. The van der Waals surface area contributed by atoms with Gasteiger partial charge < -0.3 is 9.73 Å². The van der Waals surface area contributed by atoms with Crippen LogP contribution in [0.2, 0.25) is 0 Å².